The van der Waals surface area contributed by atoms with Crippen molar-refractivity contribution < 1.29 is 4.74 Å². The third kappa shape index (κ3) is 5.49. The molecule has 3 rings (SSSR count). The fourth-order valence-electron chi connectivity index (χ4n) is 2.96. The average molecular weight is 371 g/mol. The zero-order chi connectivity index (χ0) is 18.2. The number of aryl methyl sites for hydroxylation is 1. The molecule has 1 aliphatic rings. The van der Waals surface area contributed by atoms with Crippen molar-refractivity contribution in [1.82, 2.24) is 14.8 Å². The Morgan fingerprint density at radius 3 is 2.77 bits per heavy atom. The van der Waals surface area contributed by atoms with Gasteiger partial charge in [0, 0.05) is 50.8 Å². The molecule has 1 aromatic heterocycles. The van der Waals surface area contributed by atoms with Crippen LogP contribution in [0.3, 0.4) is 0 Å². The highest BCUT2D eigenvalue weighted by molar-refractivity contribution is 7.80. The molecular weight excluding hydrogens is 344 g/mol. The lowest BCUT2D eigenvalue weighted by Gasteiger charge is -2.31. The number of nitrogens with one attached hydrogen (secondary N) is 1. The molecule has 0 unspecified atom stereocenters. The average Bonchev–Trinajstić information content (AvgIpc) is 2.68. The minimum Gasteiger partial charge on any atom is -0.379 e. The molecule has 1 N–H and O–H groups in total. The highest BCUT2D eigenvalue weighted by Crippen LogP contribution is 2.15. The number of ether oxygens (including phenoxy) is 1. The molecule has 2 aromatic rings. The van der Waals surface area contributed by atoms with Gasteiger partial charge in [0.1, 0.15) is 0 Å². The van der Waals surface area contributed by atoms with Crippen LogP contribution in [0.4, 0.5) is 5.69 Å². The van der Waals surface area contributed by atoms with Crippen molar-refractivity contribution in [1.29, 1.82) is 0 Å². The number of aromatic nitrogens is 1. The third-order valence-corrected chi connectivity index (χ3v) is 4.92. The number of morpholine rings is 1. The first-order chi connectivity index (χ1) is 12.7. The van der Waals surface area contributed by atoms with E-state index >= 15 is 0 Å². The maximum atomic E-state index is 5.73. The molecule has 138 valence electrons. The number of hydrogen-bond acceptors (Lipinski definition) is 4. The Bertz CT molecular complexity index is 704. The second kappa shape index (κ2) is 9.62. The van der Waals surface area contributed by atoms with Crippen molar-refractivity contribution in [2.45, 2.75) is 13.5 Å². The van der Waals surface area contributed by atoms with E-state index in [-0.39, 0.29) is 0 Å². The third-order valence-electron chi connectivity index (χ3n) is 4.56. The fourth-order valence-corrected chi connectivity index (χ4v) is 3.22. The predicted octanol–water partition coefficient (Wildman–Crippen LogP) is 2.92. The molecule has 0 amide bonds. The van der Waals surface area contributed by atoms with Gasteiger partial charge in [0.25, 0.3) is 0 Å². The summed E-state index contributed by atoms with van der Waals surface area (Å²) in [4.78, 5) is 8.87. The van der Waals surface area contributed by atoms with Crippen LogP contribution < -0.4 is 5.32 Å². The molecule has 1 aromatic carbocycles. The predicted molar refractivity (Wildman–Crippen MR) is 109 cm³/mol. The van der Waals surface area contributed by atoms with Crippen LogP contribution in [-0.4, -0.2) is 59.3 Å². The van der Waals surface area contributed by atoms with E-state index in [0.29, 0.717) is 0 Å². The van der Waals surface area contributed by atoms with E-state index in [1.807, 2.05) is 24.4 Å². The molecule has 26 heavy (non-hydrogen) atoms. The van der Waals surface area contributed by atoms with Crippen molar-refractivity contribution in [2.24, 2.45) is 0 Å². The largest absolute Gasteiger partial charge is 0.379 e. The summed E-state index contributed by atoms with van der Waals surface area (Å²) >= 11 is 5.73. The number of benzene rings is 1. The quantitative estimate of drug-likeness (QED) is 0.789. The van der Waals surface area contributed by atoms with Crippen LogP contribution in [-0.2, 0) is 11.3 Å². The van der Waals surface area contributed by atoms with Crippen LogP contribution in [0.1, 0.15) is 11.1 Å². The van der Waals surface area contributed by atoms with Gasteiger partial charge in [0.2, 0.25) is 0 Å². The summed E-state index contributed by atoms with van der Waals surface area (Å²) in [6, 6.07) is 12.3. The second-order valence-corrected chi connectivity index (χ2v) is 6.87. The Labute approximate surface area is 161 Å². The molecule has 0 spiro atoms. The Kier molecular flexibility index (Phi) is 6.94. The minimum absolute atomic E-state index is 0.746. The number of rotatable bonds is 6. The van der Waals surface area contributed by atoms with Crippen LogP contribution in [0.15, 0.2) is 48.8 Å². The summed E-state index contributed by atoms with van der Waals surface area (Å²) in [5.41, 5.74) is 3.40. The summed E-state index contributed by atoms with van der Waals surface area (Å²) < 4.78 is 5.44. The SMILES string of the molecule is Cc1ccccc1NC(=S)N(CCN1CCOCC1)Cc1cccnc1. The van der Waals surface area contributed by atoms with Gasteiger partial charge in [-0.15, -0.1) is 0 Å². The van der Waals surface area contributed by atoms with E-state index in [4.69, 9.17) is 17.0 Å². The number of pyridine rings is 1. The van der Waals surface area contributed by atoms with E-state index in [1.54, 1.807) is 6.20 Å². The first-order valence-corrected chi connectivity index (χ1v) is 9.44. The maximum Gasteiger partial charge on any atom is 0.173 e. The van der Waals surface area contributed by atoms with Crippen LogP contribution in [0.5, 0.6) is 0 Å². The van der Waals surface area contributed by atoms with Crippen molar-refractivity contribution in [3.63, 3.8) is 0 Å². The van der Waals surface area contributed by atoms with Crippen molar-refractivity contribution >= 4 is 23.0 Å². The van der Waals surface area contributed by atoms with E-state index < -0.39 is 0 Å². The highest BCUT2D eigenvalue weighted by Gasteiger charge is 2.15. The van der Waals surface area contributed by atoms with Gasteiger partial charge in [0.05, 0.1) is 13.2 Å². The minimum atomic E-state index is 0.746. The molecule has 0 aliphatic carbocycles. The molecule has 1 saturated heterocycles. The second-order valence-electron chi connectivity index (χ2n) is 6.48. The molecule has 6 heteroatoms. The highest BCUT2D eigenvalue weighted by atomic mass is 32.1. The molecule has 0 atom stereocenters. The van der Waals surface area contributed by atoms with Crippen LogP contribution >= 0.6 is 12.2 Å². The number of anilines is 1. The molecule has 2 heterocycles. The zero-order valence-electron chi connectivity index (χ0n) is 15.2. The topological polar surface area (TPSA) is 40.6 Å². The first kappa shape index (κ1) is 18.8. The number of nitrogens with zero attached hydrogens (tertiary/aromatic N) is 3. The van der Waals surface area contributed by atoms with Crippen LogP contribution in [0.2, 0.25) is 0 Å². The van der Waals surface area contributed by atoms with Gasteiger partial charge in [0.15, 0.2) is 5.11 Å². The van der Waals surface area contributed by atoms with E-state index in [1.165, 1.54) is 5.56 Å². The lowest BCUT2D eigenvalue weighted by molar-refractivity contribution is 0.0358. The van der Waals surface area contributed by atoms with Gasteiger partial charge in [-0.25, -0.2) is 0 Å². The van der Waals surface area contributed by atoms with Gasteiger partial charge in [-0.3, -0.25) is 9.88 Å². The molecule has 1 aliphatic heterocycles. The Morgan fingerprint density at radius 1 is 1.23 bits per heavy atom. The van der Waals surface area contributed by atoms with Crippen LogP contribution in [0, 0.1) is 6.92 Å². The summed E-state index contributed by atoms with van der Waals surface area (Å²) in [5.74, 6) is 0. The number of thiocarbonyl (C=S) groups is 1. The standard InChI is InChI=1S/C20H26N4OS/c1-17-5-2-3-7-19(17)22-20(26)24(16-18-6-4-8-21-15-18)10-9-23-11-13-25-14-12-23/h2-8,15H,9-14,16H2,1H3,(H,22,26). The number of para-hydroxylation sites is 1. The molecule has 5 nitrogen and oxygen atoms in total. The Hall–Kier alpha value is -2.02. The zero-order valence-corrected chi connectivity index (χ0v) is 16.0. The normalized spacial score (nSPS) is 14.8. The molecule has 1 fully saturated rings. The van der Waals surface area contributed by atoms with Gasteiger partial charge in [-0.2, -0.15) is 0 Å². The first-order valence-electron chi connectivity index (χ1n) is 9.03. The van der Waals surface area contributed by atoms with Gasteiger partial charge in [-0.1, -0.05) is 24.3 Å². The molecular formula is C20H26N4OS. The van der Waals surface area contributed by atoms with E-state index in [0.717, 1.165) is 62.3 Å². The lowest BCUT2D eigenvalue weighted by atomic mass is 10.2. The summed E-state index contributed by atoms with van der Waals surface area (Å²) in [5, 5.41) is 4.16. The van der Waals surface area contributed by atoms with Crippen molar-refractivity contribution in [3.8, 4) is 0 Å². The van der Waals surface area contributed by atoms with Gasteiger partial charge in [-0.05, 0) is 42.4 Å². The van der Waals surface area contributed by atoms with Crippen molar-refractivity contribution in [2.75, 3.05) is 44.7 Å². The van der Waals surface area contributed by atoms with Gasteiger partial charge < -0.3 is 15.0 Å². The monoisotopic (exact) mass is 370 g/mol. The van der Waals surface area contributed by atoms with Crippen molar-refractivity contribution in [3.05, 3.63) is 59.9 Å². The fraction of sp³-hybridized carbons (Fsp3) is 0.400. The lowest BCUT2D eigenvalue weighted by Crippen LogP contribution is -2.44. The molecule has 0 saturated carbocycles. The number of hydrogen-bond donors (Lipinski definition) is 1. The maximum absolute atomic E-state index is 5.73. The van der Waals surface area contributed by atoms with E-state index in [9.17, 15) is 0 Å². The van der Waals surface area contributed by atoms with Gasteiger partial charge >= 0.3 is 0 Å². The molecule has 0 bridgehead atoms. The summed E-state index contributed by atoms with van der Waals surface area (Å²) in [7, 11) is 0. The van der Waals surface area contributed by atoms with E-state index in [2.05, 4.69) is 45.2 Å². The van der Waals surface area contributed by atoms with Crippen LogP contribution in [0.25, 0.3) is 0 Å². The Balaban J connectivity index is 1.66. The summed E-state index contributed by atoms with van der Waals surface area (Å²) in [6.45, 7) is 8.27. The molecule has 0 radical (unpaired) electrons. The summed E-state index contributed by atoms with van der Waals surface area (Å²) in [6.07, 6.45) is 3.70. The smallest absolute Gasteiger partial charge is 0.173 e. The Morgan fingerprint density at radius 2 is 2.04 bits per heavy atom.